The fourth-order valence-electron chi connectivity index (χ4n) is 3.46. The summed E-state index contributed by atoms with van der Waals surface area (Å²) in [5, 5.41) is 0. The fourth-order valence-corrected chi connectivity index (χ4v) is 3.46. The van der Waals surface area contributed by atoms with Gasteiger partial charge in [-0.3, -0.25) is 0 Å². The summed E-state index contributed by atoms with van der Waals surface area (Å²) in [6.45, 7) is 6.81. The van der Waals surface area contributed by atoms with Crippen molar-refractivity contribution in [1.82, 2.24) is 0 Å². The first-order valence-corrected chi connectivity index (χ1v) is 8.48. The van der Waals surface area contributed by atoms with E-state index in [1.807, 2.05) is 0 Å². The maximum absolute atomic E-state index is 6.41. The van der Waals surface area contributed by atoms with Gasteiger partial charge in [0.15, 0.2) is 0 Å². The van der Waals surface area contributed by atoms with Crippen molar-refractivity contribution in [2.24, 2.45) is 17.1 Å². The molecule has 0 aromatic heterocycles. The second-order valence-corrected chi connectivity index (χ2v) is 7.06. The third-order valence-corrected chi connectivity index (χ3v) is 4.85. The van der Waals surface area contributed by atoms with Gasteiger partial charge in [-0.15, -0.1) is 0 Å². The lowest BCUT2D eigenvalue weighted by Crippen LogP contribution is -2.53. The van der Waals surface area contributed by atoms with E-state index >= 15 is 0 Å². The zero-order chi connectivity index (χ0) is 15.0. The normalized spacial score (nSPS) is 29.9. The average molecular weight is 281 g/mol. The lowest BCUT2D eigenvalue weighted by atomic mass is 9.68. The fraction of sp³-hybridized carbons (Fsp3) is 0.889. The van der Waals surface area contributed by atoms with Crippen LogP contribution in [0.5, 0.6) is 0 Å². The second kappa shape index (κ2) is 8.84. The highest BCUT2D eigenvalue weighted by atomic mass is 16.5. The lowest BCUT2D eigenvalue weighted by molar-refractivity contribution is -0.0479. The molecule has 2 N–H and O–H groups in total. The smallest absolute Gasteiger partial charge is 0.0778 e. The van der Waals surface area contributed by atoms with E-state index in [1.165, 1.54) is 51.4 Å². The van der Waals surface area contributed by atoms with Crippen molar-refractivity contribution in [1.29, 1.82) is 0 Å². The Balaban J connectivity index is 2.33. The van der Waals surface area contributed by atoms with E-state index in [4.69, 9.17) is 10.5 Å². The monoisotopic (exact) mass is 281 g/mol. The third kappa shape index (κ3) is 5.21. The molecule has 0 spiro atoms. The first kappa shape index (κ1) is 17.7. The molecule has 0 amide bonds. The van der Waals surface area contributed by atoms with Crippen LogP contribution in [0, 0.1) is 11.3 Å². The number of unbranched alkanes of at least 4 members (excludes halogenated alkanes) is 5. The molecule has 0 saturated heterocycles. The molecule has 0 radical (unpaired) electrons. The highest BCUT2D eigenvalue weighted by Gasteiger charge is 2.41. The predicted molar refractivity (Wildman–Crippen MR) is 87.8 cm³/mol. The van der Waals surface area contributed by atoms with Gasteiger partial charge in [-0.1, -0.05) is 58.6 Å². The summed E-state index contributed by atoms with van der Waals surface area (Å²) in [5.41, 5.74) is 6.62. The molecular formula is C18H35NO. The van der Waals surface area contributed by atoms with E-state index in [-0.39, 0.29) is 17.6 Å². The molecule has 1 aliphatic carbocycles. The largest absolute Gasteiger partial charge is 0.379 e. The Morgan fingerprint density at radius 1 is 1.20 bits per heavy atom. The molecule has 1 fully saturated rings. The van der Waals surface area contributed by atoms with Gasteiger partial charge in [0.25, 0.3) is 0 Å². The van der Waals surface area contributed by atoms with Gasteiger partial charge in [-0.2, -0.15) is 0 Å². The standard InChI is InChI=1S/C18H35NO/c1-5-6-7-8-9-10-11-12-15-13-14-18(2,3)17(20-4)16(15)19/h11-12,15-17H,5-10,13-14,19H2,1-4H3/b12-11+/t15-,16+,17-/m1/s1. The van der Waals surface area contributed by atoms with Gasteiger partial charge in [0, 0.05) is 13.2 Å². The maximum Gasteiger partial charge on any atom is 0.0778 e. The molecule has 1 rings (SSSR count). The molecule has 0 bridgehead atoms. The van der Waals surface area contributed by atoms with Crippen LogP contribution in [0.1, 0.15) is 72.1 Å². The molecule has 0 heterocycles. The van der Waals surface area contributed by atoms with Gasteiger partial charge >= 0.3 is 0 Å². The minimum atomic E-state index is 0.139. The number of hydrogen-bond donors (Lipinski definition) is 1. The highest BCUT2D eigenvalue weighted by molar-refractivity contribution is 5.03. The van der Waals surface area contributed by atoms with Gasteiger partial charge in [0.05, 0.1) is 6.10 Å². The van der Waals surface area contributed by atoms with Gasteiger partial charge in [0.2, 0.25) is 0 Å². The van der Waals surface area contributed by atoms with E-state index in [0.717, 1.165) is 0 Å². The molecule has 3 atom stereocenters. The molecule has 118 valence electrons. The molecule has 0 aromatic carbocycles. The Hall–Kier alpha value is -0.340. The van der Waals surface area contributed by atoms with Gasteiger partial charge in [0.1, 0.15) is 0 Å². The summed E-state index contributed by atoms with van der Waals surface area (Å²) in [7, 11) is 1.80. The van der Waals surface area contributed by atoms with Crippen LogP contribution in [0.15, 0.2) is 12.2 Å². The number of ether oxygens (including phenoxy) is 1. The van der Waals surface area contributed by atoms with Crippen LogP contribution in [-0.2, 0) is 4.74 Å². The van der Waals surface area contributed by atoms with E-state index in [9.17, 15) is 0 Å². The summed E-state index contributed by atoms with van der Waals surface area (Å²) < 4.78 is 5.66. The van der Waals surface area contributed by atoms with Crippen molar-refractivity contribution in [3.8, 4) is 0 Å². The number of rotatable bonds is 8. The Bertz CT molecular complexity index is 285. The van der Waals surface area contributed by atoms with Crippen molar-refractivity contribution in [3.05, 3.63) is 12.2 Å². The van der Waals surface area contributed by atoms with Crippen LogP contribution in [0.4, 0.5) is 0 Å². The third-order valence-electron chi connectivity index (χ3n) is 4.85. The van der Waals surface area contributed by atoms with E-state index in [0.29, 0.717) is 5.92 Å². The van der Waals surface area contributed by atoms with E-state index < -0.39 is 0 Å². The first-order chi connectivity index (χ1) is 9.53. The molecule has 2 nitrogen and oxygen atoms in total. The van der Waals surface area contributed by atoms with Crippen LogP contribution < -0.4 is 5.73 Å². The zero-order valence-corrected chi connectivity index (χ0v) is 14.0. The van der Waals surface area contributed by atoms with Crippen LogP contribution in [0.25, 0.3) is 0 Å². The molecule has 0 aliphatic heterocycles. The quantitative estimate of drug-likeness (QED) is 0.518. The van der Waals surface area contributed by atoms with Gasteiger partial charge in [-0.05, 0) is 37.0 Å². The van der Waals surface area contributed by atoms with Gasteiger partial charge < -0.3 is 10.5 Å². The van der Waals surface area contributed by atoms with Crippen LogP contribution in [-0.4, -0.2) is 19.3 Å². The average Bonchev–Trinajstić information content (AvgIpc) is 2.40. The lowest BCUT2D eigenvalue weighted by Gasteiger charge is -2.44. The SMILES string of the molecule is CCCCCCC/C=C/[C@@H]1CCC(C)(C)[C@H](OC)[C@H]1N. The van der Waals surface area contributed by atoms with Gasteiger partial charge in [-0.25, -0.2) is 0 Å². The Morgan fingerprint density at radius 2 is 1.90 bits per heavy atom. The number of nitrogens with two attached hydrogens (primary N) is 1. The minimum absolute atomic E-state index is 0.139. The van der Waals surface area contributed by atoms with Crippen LogP contribution >= 0.6 is 0 Å². The number of allylic oxidation sites excluding steroid dienone is 1. The maximum atomic E-state index is 6.41. The van der Waals surface area contributed by atoms with Crippen LogP contribution in [0.3, 0.4) is 0 Å². The van der Waals surface area contributed by atoms with Crippen molar-refractivity contribution in [2.75, 3.05) is 7.11 Å². The summed E-state index contributed by atoms with van der Waals surface area (Å²) >= 11 is 0. The molecular weight excluding hydrogens is 246 g/mol. The first-order valence-electron chi connectivity index (χ1n) is 8.48. The Labute approximate surface area is 126 Å². The van der Waals surface area contributed by atoms with E-state index in [2.05, 4.69) is 32.9 Å². The predicted octanol–water partition coefficient (Wildman–Crippen LogP) is 4.68. The van der Waals surface area contributed by atoms with Crippen molar-refractivity contribution >= 4 is 0 Å². The molecule has 1 saturated carbocycles. The number of hydrogen-bond acceptors (Lipinski definition) is 2. The van der Waals surface area contributed by atoms with E-state index in [1.54, 1.807) is 7.11 Å². The van der Waals surface area contributed by atoms with Crippen molar-refractivity contribution in [3.63, 3.8) is 0 Å². The summed E-state index contributed by atoms with van der Waals surface area (Å²) in [4.78, 5) is 0. The summed E-state index contributed by atoms with van der Waals surface area (Å²) in [6.07, 6.45) is 15.2. The Kier molecular flexibility index (Phi) is 7.83. The van der Waals surface area contributed by atoms with Crippen molar-refractivity contribution in [2.45, 2.75) is 84.3 Å². The molecule has 0 unspecified atom stereocenters. The molecule has 20 heavy (non-hydrogen) atoms. The Morgan fingerprint density at radius 3 is 2.55 bits per heavy atom. The zero-order valence-electron chi connectivity index (χ0n) is 14.0. The van der Waals surface area contributed by atoms with Crippen molar-refractivity contribution < 1.29 is 4.74 Å². The summed E-state index contributed by atoms with van der Waals surface area (Å²) in [6, 6.07) is 0.139. The second-order valence-electron chi connectivity index (χ2n) is 7.06. The minimum Gasteiger partial charge on any atom is -0.379 e. The summed E-state index contributed by atoms with van der Waals surface area (Å²) in [5.74, 6) is 0.489. The highest BCUT2D eigenvalue weighted by Crippen LogP contribution is 2.39. The van der Waals surface area contributed by atoms with Crippen LogP contribution in [0.2, 0.25) is 0 Å². The topological polar surface area (TPSA) is 35.2 Å². The molecule has 2 heteroatoms. The molecule has 1 aliphatic rings. The molecule has 0 aromatic rings. The number of methoxy groups -OCH3 is 1.